The van der Waals surface area contributed by atoms with E-state index in [-0.39, 0.29) is 6.03 Å². The molecule has 1 aliphatic heterocycles. The SMILES string of the molecule is Cc1ccc(NC(=O)N2CCOCC2)cc1N(C)C. The first-order valence-corrected chi connectivity index (χ1v) is 6.49. The van der Waals surface area contributed by atoms with Gasteiger partial charge in [0.15, 0.2) is 0 Å². The molecular formula is C14H21N3O2. The van der Waals surface area contributed by atoms with Crippen LogP contribution < -0.4 is 10.2 Å². The molecule has 1 aromatic rings. The number of carbonyl (C=O) groups is 1. The maximum Gasteiger partial charge on any atom is 0.322 e. The lowest BCUT2D eigenvalue weighted by atomic mass is 10.1. The van der Waals surface area contributed by atoms with Crippen LogP contribution in [0.25, 0.3) is 0 Å². The van der Waals surface area contributed by atoms with Crippen molar-refractivity contribution in [3.8, 4) is 0 Å². The average Bonchev–Trinajstić information content (AvgIpc) is 2.41. The predicted molar refractivity (Wildman–Crippen MR) is 76.9 cm³/mol. The molecule has 1 heterocycles. The summed E-state index contributed by atoms with van der Waals surface area (Å²) in [6, 6.07) is 5.88. The molecule has 1 aromatic carbocycles. The van der Waals surface area contributed by atoms with Gasteiger partial charge in [-0.3, -0.25) is 0 Å². The van der Waals surface area contributed by atoms with E-state index in [1.165, 1.54) is 5.56 Å². The number of morpholine rings is 1. The van der Waals surface area contributed by atoms with Gasteiger partial charge in [-0.25, -0.2) is 4.79 Å². The number of nitrogens with one attached hydrogen (secondary N) is 1. The summed E-state index contributed by atoms with van der Waals surface area (Å²) in [6.07, 6.45) is 0. The lowest BCUT2D eigenvalue weighted by Gasteiger charge is -2.27. The molecular weight excluding hydrogens is 242 g/mol. The van der Waals surface area contributed by atoms with Crippen molar-refractivity contribution in [3.05, 3.63) is 23.8 Å². The molecule has 0 atom stereocenters. The van der Waals surface area contributed by atoms with Crippen LogP contribution in [0.3, 0.4) is 0 Å². The van der Waals surface area contributed by atoms with Crippen molar-refractivity contribution in [3.63, 3.8) is 0 Å². The highest BCUT2D eigenvalue weighted by atomic mass is 16.5. The molecule has 19 heavy (non-hydrogen) atoms. The molecule has 0 radical (unpaired) electrons. The lowest BCUT2D eigenvalue weighted by molar-refractivity contribution is 0.0564. The van der Waals surface area contributed by atoms with E-state index in [1.54, 1.807) is 4.90 Å². The Balaban J connectivity index is 2.06. The van der Waals surface area contributed by atoms with Crippen LogP contribution in [0.5, 0.6) is 0 Å². The number of ether oxygens (including phenoxy) is 1. The van der Waals surface area contributed by atoms with E-state index in [4.69, 9.17) is 4.74 Å². The number of hydrogen-bond donors (Lipinski definition) is 1. The lowest BCUT2D eigenvalue weighted by Crippen LogP contribution is -2.43. The van der Waals surface area contributed by atoms with Gasteiger partial charge in [0.05, 0.1) is 13.2 Å². The van der Waals surface area contributed by atoms with Gasteiger partial charge in [0.1, 0.15) is 0 Å². The Labute approximate surface area is 114 Å². The number of benzene rings is 1. The minimum absolute atomic E-state index is 0.0585. The van der Waals surface area contributed by atoms with Gasteiger partial charge in [0, 0.05) is 38.6 Å². The Morgan fingerprint density at radius 2 is 2.00 bits per heavy atom. The summed E-state index contributed by atoms with van der Waals surface area (Å²) in [5.41, 5.74) is 3.12. The highest BCUT2D eigenvalue weighted by Crippen LogP contribution is 2.22. The average molecular weight is 263 g/mol. The Morgan fingerprint density at radius 1 is 1.32 bits per heavy atom. The Bertz CT molecular complexity index is 454. The molecule has 0 saturated carbocycles. The first-order valence-electron chi connectivity index (χ1n) is 6.49. The van der Waals surface area contributed by atoms with Crippen LogP contribution in [0.15, 0.2) is 18.2 Å². The first-order chi connectivity index (χ1) is 9.08. The Hall–Kier alpha value is -1.75. The largest absolute Gasteiger partial charge is 0.378 e. The van der Waals surface area contributed by atoms with Crippen molar-refractivity contribution in [2.24, 2.45) is 0 Å². The van der Waals surface area contributed by atoms with E-state index in [2.05, 4.69) is 12.2 Å². The standard InChI is InChI=1S/C14H21N3O2/c1-11-4-5-12(10-13(11)16(2)3)15-14(18)17-6-8-19-9-7-17/h4-5,10H,6-9H2,1-3H3,(H,15,18). The summed E-state index contributed by atoms with van der Waals surface area (Å²) in [7, 11) is 3.99. The van der Waals surface area contributed by atoms with Crippen molar-refractivity contribution in [2.45, 2.75) is 6.92 Å². The minimum atomic E-state index is -0.0585. The summed E-state index contributed by atoms with van der Waals surface area (Å²) in [5.74, 6) is 0. The van der Waals surface area contributed by atoms with Crippen LogP contribution in [-0.2, 0) is 4.74 Å². The second kappa shape index (κ2) is 5.93. The van der Waals surface area contributed by atoms with Crippen LogP contribution in [0.2, 0.25) is 0 Å². The van der Waals surface area contributed by atoms with Crippen molar-refractivity contribution in [1.29, 1.82) is 0 Å². The molecule has 1 aliphatic rings. The van der Waals surface area contributed by atoms with E-state index in [9.17, 15) is 4.79 Å². The molecule has 0 bridgehead atoms. The molecule has 0 aromatic heterocycles. The van der Waals surface area contributed by atoms with Crippen molar-refractivity contribution < 1.29 is 9.53 Å². The number of aryl methyl sites for hydroxylation is 1. The summed E-state index contributed by atoms with van der Waals surface area (Å²) < 4.78 is 5.24. The summed E-state index contributed by atoms with van der Waals surface area (Å²) in [5, 5.41) is 2.94. The highest BCUT2D eigenvalue weighted by Gasteiger charge is 2.16. The van der Waals surface area contributed by atoms with Gasteiger partial charge in [-0.2, -0.15) is 0 Å². The number of carbonyl (C=O) groups excluding carboxylic acids is 1. The molecule has 0 spiro atoms. The van der Waals surface area contributed by atoms with Crippen molar-refractivity contribution in [2.75, 3.05) is 50.6 Å². The smallest absolute Gasteiger partial charge is 0.322 e. The van der Waals surface area contributed by atoms with Crippen molar-refractivity contribution in [1.82, 2.24) is 4.90 Å². The molecule has 1 N–H and O–H groups in total. The maximum absolute atomic E-state index is 12.1. The van der Waals surface area contributed by atoms with Gasteiger partial charge >= 0.3 is 6.03 Å². The van der Waals surface area contributed by atoms with Gasteiger partial charge in [-0.15, -0.1) is 0 Å². The Morgan fingerprint density at radius 3 is 2.63 bits per heavy atom. The maximum atomic E-state index is 12.1. The number of anilines is 2. The zero-order chi connectivity index (χ0) is 13.8. The summed E-state index contributed by atoms with van der Waals surface area (Å²) >= 11 is 0. The molecule has 0 unspecified atom stereocenters. The zero-order valence-electron chi connectivity index (χ0n) is 11.8. The Kier molecular flexibility index (Phi) is 4.27. The number of hydrogen-bond acceptors (Lipinski definition) is 3. The van der Waals surface area contributed by atoms with Gasteiger partial charge in [0.25, 0.3) is 0 Å². The van der Waals surface area contributed by atoms with Gasteiger partial charge in [0.2, 0.25) is 0 Å². The monoisotopic (exact) mass is 263 g/mol. The van der Waals surface area contributed by atoms with Crippen molar-refractivity contribution >= 4 is 17.4 Å². The fourth-order valence-corrected chi connectivity index (χ4v) is 2.14. The summed E-state index contributed by atoms with van der Waals surface area (Å²) in [6.45, 7) is 4.59. The number of amides is 2. The number of rotatable bonds is 2. The van der Waals surface area contributed by atoms with Crippen LogP contribution in [0.4, 0.5) is 16.2 Å². The van der Waals surface area contributed by atoms with Crippen LogP contribution >= 0.6 is 0 Å². The normalized spacial score (nSPS) is 15.2. The topological polar surface area (TPSA) is 44.8 Å². The quantitative estimate of drug-likeness (QED) is 0.886. The zero-order valence-corrected chi connectivity index (χ0v) is 11.8. The number of nitrogens with zero attached hydrogens (tertiary/aromatic N) is 2. The second-order valence-electron chi connectivity index (χ2n) is 4.93. The first kappa shape index (κ1) is 13.7. The third kappa shape index (κ3) is 3.38. The van der Waals surface area contributed by atoms with Gasteiger partial charge < -0.3 is 19.9 Å². The van der Waals surface area contributed by atoms with E-state index in [1.807, 2.05) is 37.2 Å². The van der Waals surface area contributed by atoms with E-state index < -0.39 is 0 Å². The second-order valence-corrected chi connectivity index (χ2v) is 4.93. The fourth-order valence-electron chi connectivity index (χ4n) is 2.14. The molecule has 104 valence electrons. The fraction of sp³-hybridized carbons (Fsp3) is 0.500. The van der Waals surface area contributed by atoms with Crippen LogP contribution in [0, 0.1) is 6.92 Å². The predicted octanol–water partition coefficient (Wildman–Crippen LogP) is 1.93. The van der Waals surface area contributed by atoms with Crippen LogP contribution in [-0.4, -0.2) is 51.3 Å². The molecule has 2 amide bonds. The summed E-state index contributed by atoms with van der Waals surface area (Å²) in [4.78, 5) is 15.9. The van der Waals surface area contributed by atoms with E-state index in [0.717, 1.165) is 11.4 Å². The molecule has 1 fully saturated rings. The van der Waals surface area contributed by atoms with E-state index >= 15 is 0 Å². The third-order valence-electron chi connectivity index (χ3n) is 3.24. The molecule has 0 aliphatic carbocycles. The van der Waals surface area contributed by atoms with Crippen LogP contribution in [0.1, 0.15) is 5.56 Å². The van der Waals surface area contributed by atoms with Gasteiger partial charge in [-0.05, 0) is 24.6 Å². The molecule has 2 rings (SSSR count). The highest BCUT2D eigenvalue weighted by molar-refractivity contribution is 5.90. The number of urea groups is 1. The van der Waals surface area contributed by atoms with Gasteiger partial charge in [-0.1, -0.05) is 6.07 Å². The van der Waals surface area contributed by atoms with E-state index in [0.29, 0.717) is 26.3 Å². The molecule has 1 saturated heterocycles. The molecule has 5 nitrogen and oxygen atoms in total. The third-order valence-corrected chi connectivity index (χ3v) is 3.24. The molecule has 5 heteroatoms. The minimum Gasteiger partial charge on any atom is -0.378 e.